The van der Waals surface area contributed by atoms with Crippen LogP contribution in [0.1, 0.15) is 32.3 Å². The molecule has 112 valence electrons. The SMILES string of the molecule is CC(C)CC1CCN(C(=O)Cc2ccc(N)cc2)C1.Cl. The van der Waals surface area contributed by atoms with Crippen LogP contribution >= 0.6 is 12.4 Å². The maximum Gasteiger partial charge on any atom is 0.226 e. The Bertz CT molecular complexity index is 431. The Hall–Kier alpha value is -1.22. The molecule has 1 fully saturated rings. The van der Waals surface area contributed by atoms with Crippen LogP contribution in [0.25, 0.3) is 0 Å². The number of carbonyl (C=O) groups is 1. The third-order valence-electron chi connectivity index (χ3n) is 3.78. The van der Waals surface area contributed by atoms with Gasteiger partial charge in [-0.2, -0.15) is 0 Å². The number of anilines is 1. The first kappa shape index (κ1) is 16.8. The summed E-state index contributed by atoms with van der Waals surface area (Å²) in [5.41, 5.74) is 7.44. The molecule has 0 aliphatic carbocycles. The van der Waals surface area contributed by atoms with Crippen molar-refractivity contribution in [3.05, 3.63) is 29.8 Å². The second kappa shape index (κ2) is 7.53. The molecule has 4 heteroatoms. The molecule has 1 heterocycles. The maximum atomic E-state index is 12.2. The molecule has 2 rings (SSSR count). The first-order chi connectivity index (χ1) is 9.04. The van der Waals surface area contributed by atoms with Crippen molar-refractivity contribution >= 4 is 24.0 Å². The lowest BCUT2D eigenvalue weighted by Crippen LogP contribution is -2.30. The molecule has 1 saturated heterocycles. The van der Waals surface area contributed by atoms with Gasteiger partial charge in [0, 0.05) is 18.8 Å². The summed E-state index contributed by atoms with van der Waals surface area (Å²) in [7, 11) is 0. The Balaban J connectivity index is 0.00000200. The summed E-state index contributed by atoms with van der Waals surface area (Å²) in [5, 5.41) is 0. The normalized spacial score (nSPS) is 18.1. The van der Waals surface area contributed by atoms with Crippen molar-refractivity contribution in [2.75, 3.05) is 18.8 Å². The number of likely N-dealkylation sites (tertiary alicyclic amines) is 1. The molecule has 2 N–H and O–H groups in total. The van der Waals surface area contributed by atoms with Gasteiger partial charge in [0.1, 0.15) is 0 Å². The first-order valence-corrected chi connectivity index (χ1v) is 7.17. The molecule has 1 aromatic carbocycles. The number of nitrogen functional groups attached to an aromatic ring is 1. The Labute approximate surface area is 127 Å². The van der Waals surface area contributed by atoms with Crippen molar-refractivity contribution in [1.82, 2.24) is 4.90 Å². The lowest BCUT2D eigenvalue weighted by Gasteiger charge is -2.17. The van der Waals surface area contributed by atoms with E-state index in [4.69, 9.17) is 5.73 Å². The van der Waals surface area contributed by atoms with Gasteiger partial charge in [0.2, 0.25) is 5.91 Å². The fourth-order valence-electron chi connectivity index (χ4n) is 2.84. The lowest BCUT2D eigenvalue weighted by molar-refractivity contribution is -0.129. The highest BCUT2D eigenvalue weighted by molar-refractivity contribution is 5.85. The smallest absolute Gasteiger partial charge is 0.226 e. The molecular formula is C16H25ClN2O. The van der Waals surface area contributed by atoms with Gasteiger partial charge in [0.25, 0.3) is 0 Å². The topological polar surface area (TPSA) is 46.3 Å². The van der Waals surface area contributed by atoms with E-state index >= 15 is 0 Å². The van der Waals surface area contributed by atoms with Crippen LogP contribution in [0.2, 0.25) is 0 Å². The average Bonchev–Trinajstić information content (AvgIpc) is 2.80. The third-order valence-corrected chi connectivity index (χ3v) is 3.78. The zero-order valence-corrected chi connectivity index (χ0v) is 13.2. The molecule has 1 aromatic rings. The van der Waals surface area contributed by atoms with Crippen molar-refractivity contribution in [3.8, 4) is 0 Å². The molecule has 1 aliphatic rings. The predicted molar refractivity (Wildman–Crippen MR) is 85.9 cm³/mol. The van der Waals surface area contributed by atoms with Crippen molar-refractivity contribution in [2.45, 2.75) is 33.1 Å². The number of benzene rings is 1. The van der Waals surface area contributed by atoms with Crippen LogP contribution < -0.4 is 5.73 Å². The summed E-state index contributed by atoms with van der Waals surface area (Å²) in [4.78, 5) is 14.2. The van der Waals surface area contributed by atoms with Gasteiger partial charge >= 0.3 is 0 Å². The van der Waals surface area contributed by atoms with E-state index in [-0.39, 0.29) is 18.3 Å². The fourth-order valence-corrected chi connectivity index (χ4v) is 2.84. The monoisotopic (exact) mass is 296 g/mol. The van der Waals surface area contributed by atoms with E-state index in [1.807, 2.05) is 29.2 Å². The molecule has 0 saturated carbocycles. The van der Waals surface area contributed by atoms with E-state index in [1.54, 1.807) is 0 Å². The van der Waals surface area contributed by atoms with Crippen LogP contribution in [0.3, 0.4) is 0 Å². The zero-order valence-electron chi connectivity index (χ0n) is 12.3. The Morgan fingerprint density at radius 2 is 2.00 bits per heavy atom. The van der Waals surface area contributed by atoms with Crippen LogP contribution in [0.4, 0.5) is 5.69 Å². The van der Waals surface area contributed by atoms with Gasteiger partial charge in [-0.3, -0.25) is 4.79 Å². The number of nitrogens with two attached hydrogens (primary N) is 1. The summed E-state index contributed by atoms with van der Waals surface area (Å²) >= 11 is 0. The van der Waals surface area contributed by atoms with Gasteiger partial charge in [0.05, 0.1) is 6.42 Å². The van der Waals surface area contributed by atoms with Crippen LogP contribution in [-0.2, 0) is 11.2 Å². The van der Waals surface area contributed by atoms with E-state index in [0.717, 1.165) is 36.7 Å². The minimum absolute atomic E-state index is 0. The summed E-state index contributed by atoms with van der Waals surface area (Å²) in [6.45, 7) is 6.36. The fraction of sp³-hybridized carbons (Fsp3) is 0.562. The standard InChI is InChI=1S/C16H24N2O.ClH/c1-12(2)9-14-7-8-18(11-14)16(19)10-13-3-5-15(17)6-4-13;/h3-6,12,14H,7-11,17H2,1-2H3;1H. The molecule has 20 heavy (non-hydrogen) atoms. The Kier molecular flexibility index (Phi) is 6.34. The van der Waals surface area contributed by atoms with Crippen LogP contribution in [0, 0.1) is 11.8 Å². The molecule has 0 bridgehead atoms. The van der Waals surface area contributed by atoms with Gasteiger partial charge in [-0.25, -0.2) is 0 Å². The minimum Gasteiger partial charge on any atom is -0.399 e. The summed E-state index contributed by atoms with van der Waals surface area (Å²) < 4.78 is 0. The second-order valence-corrected chi connectivity index (χ2v) is 6.04. The molecule has 1 aliphatic heterocycles. The van der Waals surface area contributed by atoms with Gasteiger partial charge in [-0.15, -0.1) is 12.4 Å². The number of halogens is 1. The number of amides is 1. The molecular weight excluding hydrogens is 272 g/mol. The Morgan fingerprint density at radius 1 is 1.35 bits per heavy atom. The van der Waals surface area contributed by atoms with Crippen LogP contribution in [0.5, 0.6) is 0 Å². The van der Waals surface area contributed by atoms with Crippen molar-refractivity contribution in [3.63, 3.8) is 0 Å². The van der Waals surface area contributed by atoms with E-state index < -0.39 is 0 Å². The van der Waals surface area contributed by atoms with Crippen LogP contribution in [-0.4, -0.2) is 23.9 Å². The van der Waals surface area contributed by atoms with Crippen LogP contribution in [0.15, 0.2) is 24.3 Å². The Morgan fingerprint density at radius 3 is 2.60 bits per heavy atom. The van der Waals surface area contributed by atoms with E-state index in [0.29, 0.717) is 12.3 Å². The van der Waals surface area contributed by atoms with Gasteiger partial charge in [0.15, 0.2) is 0 Å². The molecule has 3 nitrogen and oxygen atoms in total. The summed E-state index contributed by atoms with van der Waals surface area (Å²) in [6, 6.07) is 7.59. The molecule has 0 aromatic heterocycles. The maximum absolute atomic E-state index is 12.2. The zero-order chi connectivity index (χ0) is 13.8. The second-order valence-electron chi connectivity index (χ2n) is 6.04. The lowest BCUT2D eigenvalue weighted by atomic mass is 9.97. The van der Waals surface area contributed by atoms with Gasteiger partial charge in [-0.1, -0.05) is 26.0 Å². The molecule has 0 spiro atoms. The van der Waals surface area contributed by atoms with Crippen molar-refractivity contribution in [2.24, 2.45) is 11.8 Å². The average molecular weight is 297 g/mol. The molecule has 0 radical (unpaired) electrons. The highest BCUT2D eigenvalue weighted by Crippen LogP contribution is 2.23. The molecule has 1 atom stereocenters. The summed E-state index contributed by atoms with van der Waals surface area (Å²) in [6.07, 6.45) is 2.88. The largest absolute Gasteiger partial charge is 0.399 e. The van der Waals surface area contributed by atoms with E-state index in [2.05, 4.69) is 13.8 Å². The first-order valence-electron chi connectivity index (χ1n) is 7.17. The number of rotatable bonds is 4. The molecule has 1 amide bonds. The number of carbonyl (C=O) groups excluding carboxylic acids is 1. The molecule has 1 unspecified atom stereocenters. The number of hydrogen-bond donors (Lipinski definition) is 1. The highest BCUT2D eigenvalue weighted by atomic mass is 35.5. The third kappa shape index (κ3) is 4.71. The number of hydrogen-bond acceptors (Lipinski definition) is 2. The predicted octanol–water partition coefficient (Wildman–Crippen LogP) is 3.13. The van der Waals surface area contributed by atoms with Gasteiger partial charge in [-0.05, 0) is 42.4 Å². The number of nitrogens with zero attached hydrogens (tertiary/aromatic N) is 1. The van der Waals surface area contributed by atoms with E-state index in [9.17, 15) is 4.79 Å². The minimum atomic E-state index is 0. The van der Waals surface area contributed by atoms with E-state index in [1.165, 1.54) is 6.42 Å². The summed E-state index contributed by atoms with van der Waals surface area (Å²) in [5.74, 6) is 1.66. The van der Waals surface area contributed by atoms with Crippen molar-refractivity contribution < 1.29 is 4.79 Å². The quantitative estimate of drug-likeness (QED) is 0.868. The van der Waals surface area contributed by atoms with Gasteiger partial charge < -0.3 is 10.6 Å². The highest BCUT2D eigenvalue weighted by Gasteiger charge is 2.26. The van der Waals surface area contributed by atoms with Crippen molar-refractivity contribution in [1.29, 1.82) is 0 Å².